The molecule has 0 radical (unpaired) electrons. The van der Waals surface area contributed by atoms with Gasteiger partial charge in [-0.1, -0.05) is 58.4 Å². The van der Waals surface area contributed by atoms with Crippen molar-refractivity contribution in [2.75, 3.05) is 0 Å². The van der Waals surface area contributed by atoms with Crippen molar-refractivity contribution in [2.24, 2.45) is 5.10 Å². The monoisotopic (exact) mass is 527 g/mol. The number of nitrogens with one attached hydrogen (secondary N) is 2. The van der Waals surface area contributed by atoms with Crippen LogP contribution in [-0.2, 0) is 0 Å². The summed E-state index contributed by atoms with van der Waals surface area (Å²) in [5.74, 6) is -0.380. The number of rotatable bonds is 6. The normalized spacial score (nSPS) is 11.2. The van der Waals surface area contributed by atoms with Crippen LogP contribution in [0.15, 0.2) is 98.9 Å². The van der Waals surface area contributed by atoms with Crippen LogP contribution in [0.25, 0.3) is 33.4 Å². The first-order chi connectivity index (χ1) is 17.0. The van der Waals surface area contributed by atoms with E-state index in [1.165, 1.54) is 18.3 Å². The third kappa shape index (κ3) is 4.64. The SMILES string of the molecule is O=C(O)c1ccc(-c2ccc(/C=N/NC(=O)c3[nH]c4ccc(Br)cc4c3-c3ccccc3)o2)cc1. The summed E-state index contributed by atoms with van der Waals surface area (Å²) in [7, 11) is 0. The second-order valence-corrected chi connectivity index (χ2v) is 8.63. The second-order valence-electron chi connectivity index (χ2n) is 7.71. The topological polar surface area (TPSA) is 108 Å². The molecule has 1 amide bonds. The number of aromatic amines is 1. The molecule has 3 aromatic carbocycles. The Labute approximate surface area is 208 Å². The molecule has 0 unspecified atom stereocenters. The first-order valence-corrected chi connectivity index (χ1v) is 11.4. The van der Waals surface area contributed by atoms with Gasteiger partial charge in [0.25, 0.3) is 5.91 Å². The van der Waals surface area contributed by atoms with Crippen molar-refractivity contribution < 1.29 is 19.1 Å². The molecule has 35 heavy (non-hydrogen) atoms. The quantitative estimate of drug-likeness (QED) is 0.177. The summed E-state index contributed by atoms with van der Waals surface area (Å²) in [6.07, 6.45) is 1.41. The van der Waals surface area contributed by atoms with E-state index in [9.17, 15) is 9.59 Å². The number of carbonyl (C=O) groups excluding carboxylic acids is 1. The van der Waals surface area contributed by atoms with E-state index in [0.717, 1.165) is 32.1 Å². The van der Waals surface area contributed by atoms with Crippen LogP contribution in [0.2, 0.25) is 0 Å². The highest BCUT2D eigenvalue weighted by molar-refractivity contribution is 9.10. The molecule has 3 N–H and O–H groups in total. The molecule has 0 atom stereocenters. The van der Waals surface area contributed by atoms with Gasteiger partial charge in [-0.3, -0.25) is 4.79 Å². The third-order valence-corrected chi connectivity index (χ3v) is 5.94. The zero-order valence-corrected chi connectivity index (χ0v) is 19.7. The van der Waals surface area contributed by atoms with E-state index in [1.807, 2.05) is 48.5 Å². The molecule has 0 saturated carbocycles. The Morgan fingerprint density at radius 1 is 0.943 bits per heavy atom. The predicted octanol–water partition coefficient (Wildman–Crippen LogP) is 6.32. The van der Waals surface area contributed by atoms with Gasteiger partial charge in [0.05, 0.1) is 11.8 Å². The van der Waals surface area contributed by atoms with Crippen molar-refractivity contribution in [3.8, 4) is 22.5 Å². The number of nitrogens with zero attached hydrogens (tertiary/aromatic N) is 1. The fourth-order valence-corrected chi connectivity index (χ4v) is 4.17. The Bertz CT molecular complexity index is 1570. The lowest BCUT2D eigenvalue weighted by atomic mass is 10.0. The zero-order chi connectivity index (χ0) is 24.4. The van der Waals surface area contributed by atoms with Gasteiger partial charge in [0.1, 0.15) is 17.2 Å². The Balaban J connectivity index is 1.37. The molecule has 5 rings (SSSR count). The summed E-state index contributed by atoms with van der Waals surface area (Å²) in [4.78, 5) is 27.3. The third-order valence-electron chi connectivity index (χ3n) is 5.45. The van der Waals surface area contributed by atoms with Crippen molar-refractivity contribution in [3.05, 3.63) is 106 Å². The molecule has 172 valence electrons. The van der Waals surface area contributed by atoms with Crippen LogP contribution in [0, 0.1) is 0 Å². The van der Waals surface area contributed by atoms with Crippen molar-refractivity contribution in [3.63, 3.8) is 0 Å². The number of aromatic nitrogens is 1. The van der Waals surface area contributed by atoms with E-state index < -0.39 is 5.97 Å². The highest BCUT2D eigenvalue weighted by Crippen LogP contribution is 2.34. The Kier molecular flexibility index (Phi) is 6.03. The lowest BCUT2D eigenvalue weighted by Crippen LogP contribution is -2.18. The number of fused-ring (bicyclic) bond motifs is 1. The van der Waals surface area contributed by atoms with Gasteiger partial charge in [-0.25, -0.2) is 10.2 Å². The van der Waals surface area contributed by atoms with Crippen molar-refractivity contribution in [2.45, 2.75) is 0 Å². The maximum absolute atomic E-state index is 13.1. The predicted molar refractivity (Wildman–Crippen MR) is 138 cm³/mol. The Morgan fingerprint density at radius 2 is 1.71 bits per heavy atom. The fraction of sp³-hybridized carbons (Fsp3) is 0. The molecular weight excluding hydrogens is 510 g/mol. The minimum atomic E-state index is -0.988. The summed E-state index contributed by atoms with van der Waals surface area (Å²) in [6, 6.07) is 25.3. The van der Waals surface area contributed by atoms with Crippen LogP contribution >= 0.6 is 15.9 Å². The van der Waals surface area contributed by atoms with E-state index >= 15 is 0 Å². The number of furan rings is 1. The number of carboxylic acids is 1. The van der Waals surface area contributed by atoms with Gasteiger partial charge < -0.3 is 14.5 Å². The van der Waals surface area contributed by atoms with Gasteiger partial charge in [-0.2, -0.15) is 5.10 Å². The van der Waals surface area contributed by atoms with E-state index in [4.69, 9.17) is 9.52 Å². The number of hydrogen-bond donors (Lipinski definition) is 3. The van der Waals surface area contributed by atoms with Crippen LogP contribution in [-0.4, -0.2) is 28.2 Å². The molecule has 0 fully saturated rings. The number of hydrazone groups is 1. The van der Waals surface area contributed by atoms with Gasteiger partial charge in [-0.05, 0) is 48.0 Å². The zero-order valence-electron chi connectivity index (χ0n) is 18.2. The maximum atomic E-state index is 13.1. The van der Waals surface area contributed by atoms with Crippen molar-refractivity contribution in [1.82, 2.24) is 10.4 Å². The molecule has 0 bridgehead atoms. The van der Waals surface area contributed by atoms with E-state index in [2.05, 4.69) is 31.4 Å². The number of halogens is 1. The molecule has 0 aliphatic carbocycles. The molecule has 7 nitrogen and oxygen atoms in total. The van der Waals surface area contributed by atoms with E-state index in [0.29, 0.717) is 17.2 Å². The van der Waals surface area contributed by atoms with Crippen LogP contribution in [0.1, 0.15) is 26.6 Å². The minimum absolute atomic E-state index is 0.198. The van der Waals surface area contributed by atoms with Crippen LogP contribution in [0.5, 0.6) is 0 Å². The Hall–Kier alpha value is -4.43. The lowest BCUT2D eigenvalue weighted by molar-refractivity contribution is 0.0696. The van der Waals surface area contributed by atoms with Gasteiger partial charge in [0, 0.05) is 26.5 Å². The molecule has 8 heteroatoms. The minimum Gasteiger partial charge on any atom is -0.478 e. The Morgan fingerprint density at radius 3 is 2.46 bits per heavy atom. The van der Waals surface area contributed by atoms with E-state index in [1.54, 1.807) is 24.3 Å². The van der Waals surface area contributed by atoms with E-state index in [-0.39, 0.29) is 11.5 Å². The van der Waals surface area contributed by atoms with Crippen LogP contribution in [0.3, 0.4) is 0 Å². The number of carbonyl (C=O) groups is 2. The summed E-state index contributed by atoms with van der Waals surface area (Å²) in [5.41, 5.74) is 6.44. The number of amides is 1. The highest BCUT2D eigenvalue weighted by Gasteiger charge is 2.19. The number of carboxylic acid groups (broad SMARTS) is 1. The molecular formula is C27H18BrN3O4. The summed E-state index contributed by atoms with van der Waals surface area (Å²) >= 11 is 3.51. The number of H-pyrrole nitrogens is 1. The molecule has 0 aliphatic heterocycles. The molecule has 0 saturated heterocycles. The first kappa shape index (κ1) is 22.4. The lowest BCUT2D eigenvalue weighted by Gasteiger charge is -2.04. The first-order valence-electron chi connectivity index (χ1n) is 10.6. The molecule has 5 aromatic rings. The summed E-state index contributed by atoms with van der Waals surface area (Å²) in [5, 5.41) is 14.0. The largest absolute Gasteiger partial charge is 0.478 e. The van der Waals surface area contributed by atoms with Gasteiger partial charge in [-0.15, -0.1) is 0 Å². The van der Waals surface area contributed by atoms with Gasteiger partial charge in [0.15, 0.2) is 0 Å². The molecule has 2 aromatic heterocycles. The van der Waals surface area contributed by atoms with Gasteiger partial charge in [0.2, 0.25) is 0 Å². The molecule has 0 aliphatic rings. The molecule has 2 heterocycles. The summed E-state index contributed by atoms with van der Waals surface area (Å²) < 4.78 is 6.67. The number of hydrogen-bond acceptors (Lipinski definition) is 4. The maximum Gasteiger partial charge on any atom is 0.335 e. The van der Waals surface area contributed by atoms with Gasteiger partial charge >= 0.3 is 5.97 Å². The average molecular weight is 528 g/mol. The molecule has 0 spiro atoms. The number of benzene rings is 3. The van der Waals surface area contributed by atoms with Crippen molar-refractivity contribution >= 4 is 44.9 Å². The van der Waals surface area contributed by atoms with Crippen LogP contribution < -0.4 is 5.43 Å². The smallest absolute Gasteiger partial charge is 0.335 e. The second kappa shape index (κ2) is 9.44. The fourth-order valence-electron chi connectivity index (χ4n) is 3.80. The van der Waals surface area contributed by atoms with Crippen molar-refractivity contribution in [1.29, 1.82) is 0 Å². The van der Waals surface area contributed by atoms with Crippen LogP contribution in [0.4, 0.5) is 0 Å². The standard InChI is InChI=1S/C27H18BrN3O4/c28-19-10-12-22-21(14-19)24(17-4-2-1-3-5-17)25(30-22)26(32)31-29-15-20-11-13-23(35-20)16-6-8-18(9-7-16)27(33)34/h1-15,30H,(H,31,32)(H,33,34)/b29-15+. The number of aromatic carboxylic acids is 1. The highest BCUT2D eigenvalue weighted by atomic mass is 79.9. The summed E-state index contributed by atoms with van der Waals surface area (Å²) in [6.45, 7) is 0. The average Bonchev–Trinajstić information content (AvgIpc) is 3.49.